The summed E-state index contributed by atoms with van der Waals surface area (Å²) in [7, 11) is 1.61. The predicted octanol–water partition coefficient (Wildman–Crippen LogP) is 3.46. The maximum absolute atomic E-state index is 5.93. The van der Waals surface area contributed by atoms with Crippen LogP contribution in [-0.4, -0.2) is 17.1 Å². The van der Waals surface area contributed by atoms with E-state index in [0.29, 0.717) is 11.4 Å². The fraction of sp³-hybridized carbons (Fsp3) is 0.0667. The molecule has 20 heavy (non-hydrogen) atoms. The summed E-state index contributed by atoms with van der Waals surface area (Å²) in [6, 6.07) is 9.59. The molecule has 0 fully saturated rings. The van der Waals surface area contributed by atoms with E-state index >= 15 is 0 Å². The molecular formula is C15H13N3OS. The van der Waals surface area contributed by atoms with Gasteiger partial charge in [0.25, 0.3) is 0 Å². The Morgan fingerprint density at radius 2 is 2.10 bits per heavy atom. The Balaban J connectivity index is 1.96. The number of benzene rings is 1. The molecule has 0 bridgehead atoms. The normalized spacial score (nSPS) is 10.4. The third-order valence-corrected chi connectivity index (χ3v) is 3.83. The van der Waals surface area contributed by atoms with Crippen molar-refractivity contribution in [2.75, 3.05) is 12.8 Å². The van der Waals surface area contributed by atoms with Crippen molar-refractivity contribution in [2.45, 2.75) is 0 Å². The average molecular weight is 283 g/mol. The van der Waals surface area contributed by atoms with Crippen LogP contribution in [0.2, 0.25) is 0 Å². The van der Waals surface area contributed by atoms with Crippen molar-refractivity contribution in [1.29, 1.82) is 0 Å². The fourth-order valence-corrected chi connectivity index (χ4v) is 2.74. The summed E-state index contributed by atoms with van der Waals surface area (Å²) in [4.78, 5) is 8.74. The number of anilines is 1. The number of pyridine rings is 1. The lowest BCUT2D eigenvalue weighted by Gasteiger charge is -2.05. The summed E-state index contributed by atoms with van der Waals surface area (Å²) >= 11 is 1.59. The topological polar surface area (TPSA) is 61.0 Å². The maximum atomic E-state index is 5.93. The van der Waals surface area contributed by atoms with Crippen molar-refractivity contribution in [3.8, 4) is 27.6 Å². The molecule has 0 aliphatic carbocycles. The number of nitrogens with zero attached hydrogens (tertiary/aromatic N) is 2. The van der Waals surface area contributed by atoms with E-state index < -0.39 is 0 Å². The highest BCUT2D eigenvalue weighted by atomic mass is 32.1. The summed E-state index contributed by atoms with van der Waals surface area (Å²) in [5, 5.41) is 2.96. The Morgan fingerprint density at radius 1 is 1.20 bits per heavy atom. The Hall–Kier alpha value is -2.40. The van der Waals surface area contributed by atoms with E-state index in [-0.39, 0.29) is 0 Å². The molecule has 0 unspecified atom stereocenters. The number of aromatic nitrogens is 2. The second-order valence-corrected chi connectivity index (χ2v) is 5.09. The number of methoxy groups -OCH3 is 1. The Morgan fingerprint density at radius 3 is 2.80 bits per heavy atom. The molecule has 100 valence electrons. The monoisotopic (exact) mass is 283 g/mol. The van der Waals surface area contributed by atoms with E-state index in [2.05, 4.69) is 9.97 Å². The molecule has 0 saturated carbocycles. The second kappa shape index (κ2) is 5.30. The van der Waals surface area contributed by atoms with Crippen LogP contribution in [-0.2, 0) is 0 Å². The Bertz CT molecular complexity index is 725. The molecule has 0 aliphatic heterocycles. The molecule has 0 spiro atoms. The highest BCUT2D eigenvalue weighted by Gasteiger charge is 2.08. The summed E-state index contributed by atoms with van der Waals surface area (Å²) in [6.07, 6.45) is 3.56. The van der Waals surface area contributed by atoms with Crippen LogP contribution < -0.4 is 10.5 Å². The molecule has 3 rings (SSSR count). The third-order valence-electron chi connectivity index (χ3n) is 2.94. The second-order valence-electron chi connectivity index (χ2n) is 4.24. The van der Waals surface area contributed by atoms with Crippen LogP contribution in [0.25, 0.3) is 21.8 Å². The number of rotatable bonds is 3. The molecule has 2 heterocycles. The van der Waals surface area contributed by atoms with E-state index in [0.717, 1.165) is 21.8 Å². The average Bonchev–Trinajstić information content (AvgIpc) is 2.98. The summed E-state index contributed by atoms with van der Waals surface area (Å²) in [5.74, 6) is 0.677. The van der Waals surface area contributed by atoms with Gasteiger partial charge in [-0.05, 0) is 30.3 Å². The van der Waals surface area contributed by atoms with Crippen molar-refractivity contribution in [3.05, 3.63) is 48.1 Å². The Labute approximate surface area is 120 Å². The first-order valence-electron chi connectivity index (χ1n) is 6.08. The van der Waals surface area contributed by atoms with Gasteiger partial charge >= 0.3 is 0 Å². The standard InChI is InChI=1S/C15H13N3OS/c1-19-14-5-4-10(7-12(14)16)13-9-20-15(18-13)11-3-2-6-17-8-11/h2-9H,16H2,1H3. The van der Waals surface area contributed by atoms with Gasteiger partial charge in [0.2, 0.25) is 0 Å². The minimum atomic E-state index is 0.612. The number of hydrogen-bond donors (Lipinski definition) is 1. The number of nitrogens with two attached hydrogens (primary N) is 1. The molecule has 2 N–H and O–H groups in total. The van der Waals surface area contributed by atoms with Crippen LogP contribution >= 0.6 is 11.3 Å². The minimum absolute atomic E-state index is 0.612. The smallest absolute Gasteiger partial charge is 0.141 e. The zero-order chi connectivity index (χ0) is 13.9. The first-order chi connectivity index (χ1) is 9.78. The van der Waals surface area contributed by atoms with Gasteiger partial charge in [-0.3, -0.25) is 4.98 Å². The lowest BCUT2D eigenvalue weighted by atomic mass is 10.1. The van der Waals surface area contributed by atoms with Crippen LogP contribution in [0.15, 0.2) is 48.1 Å². The molecular weight excluding hydrogens is 270 g/mol. The van der Waals surface area contributed by atoms with Gasteiger partial charge in [0.15, 0.2) is 0 Å². The van der Waals surface area contributed by atoms with Gasteiger partial charge in [-0.15, -0.1) is 11.3 Å². The van der Waals surface area contributed by atoms with Gasteiger partial charge in [-0.2, -0.15) is 0 Å². The molecule has 0 radical (unpaired) electrons. The maximum Gasteiger partial charge on any atom is 0.141 e. The lowest BCUT2D eigenvalue weighted by molar-refractivity contribution is 0.417. The predicted molar refractivity (Wildman–Crippen MR) is 81.7 cm³/mol. The van der Waals surface area contributed by atoms with E-state index in [9.17, 15) is 0 Å². The van der Waals surface area contributed by atoms with Gasteiger partial charge in [0.05, 0.1) is 18.5 Å². The van der Waals surface area contributed by atoms with Crippen molar-refractivity contribution < 1.29 is 4.74 Å². The van der Waals surface area contributed by atoms with E-state index in [1.54, 1.807) is 24.6 Å². The van der Waals surface area contributed by atoms with Gasteiger partial charge < -0.3 is 10.5 Å². The molecule has 1 aromatic carbocycles. The highest BCUT2D eigenvalue weighted by molar-refractivity contribution is 7.13. The summed E-state index contributed by atoms with van der Waals surface area (Å²) in [6.45, 7) is 0. The summed E-state index contributed by atoms with van der Waals surface area (Å²) in [5.41, 5.74) is 9.45. The first kappa shape index (κ1) is 12.6. The molecule has 2 aromatic heterocycles. The van der Waals surface area contributed by atoms with Gasteiger partial charge in [0.1, 0.15) is 10.8 Å². The van der Waals surface area contributed by atoms with E-state index in [4.69, 9.17) is 10.5 Å². The molecule has 4 nitrogen and oxygen atoms in total. The van der Waals surface area contributed by atoms with Crippen molar-refractivity contribution in [2.24, 2.45) is 0 Å². The SMILES string of the molecule is COc1ccc(-c2csc(-c3cccnc3)n2)cc1N. The quantitative estimate of drug-likeness (QED) is 0.748. The molecule has 5 heteroatoms. The number of ether oxygens (including phenoxy) is 1. The zero-order valence-corrected chi connectivity index (χ0v) is 11.7. The lowest BCUT2D eigenvalue weighted by Crippen LogP contribution is -1.92. The van der Waals surface area contributed by atoms with Crippen LogP contribution in [0.4, 0.5) is 5.69 Å². The molecule has 0 amide bonds. The van der Waals surface area contributed by atoms with Crippen LogP contribution in [0.3, 0.4) is 0 Å². The fourth-order valence-electron chi connectivity index (χ4n) is 1.92. The first-order valence-corrected chi connectivity index (χ1v) is 6.95. The minimum Gasteiger partial charge on any atom is -0.495 e. The van der Waals surface area contributed by atoms with Crippen LogP contribution in [0, 0.1) is 0 Å². The van der Waals surface area contributed by atoms with Crippen LogP contribution in [0.5, 0.6) is 5.75 Å². The van der Waals surface area contributed by atoms with Gasteiger partial charge in [-0.25, -0.2) is 4.98 Å². The van der Waals surface area contributed by atoms with Crippen molar-refractivity contribution >= 4 is 17.0 Å². The van der Waals surface area contributed by atoms with E-state index in [1.807, 2.05) is 41.9 Å². The largest absolute Gasteiger partial charge is 0.495 e. The zero-order valence-electron chi connectivity index (χ0n) is 10.9. The number of hydrogen-bond acceptors (Lipinski definition) is 5. The molecule has 0 aliphatic rings. The molecule has 0 saturated heterocycles. The van der Waals surface area contributed by atoms with Crippen molar-refractivity contribution in [3.63, 3.8) is 0 Å². The van der Waals surface area contributed by atoms with Gasteiger partial charge in [-0.1, -0.05) is 0 Å². The van der Waals surface area contributed by atoms with Crippen molar-refractivity contribution in [1.82, 2.24) is 9.97 Å². The number of thiazole rings is 1. The molecule has 3 aromatic rings. The van der Waals surface area contributed by atoms with Crippen LogP contribution in [0.1, 0.15) is 0 Å². The van der Waals surface area contributed by atoms with Gasteiger partial charge in [0, 0.05) is 28.9 Å². The molecule has 0 atom stereocenters. The third kappa shape index (κ3) is 2.35. The van der Waals surface area contributed by atoms with E-state index in [1.165, 1.54) is 0 Å². The number of nitrogen functional groups attached to an aromatic ring is 1. The highest BCUT2D eigenvalue weighted by Crippen LogP contribution is 2.31. The Kier molecular flexibility index (Phi) is 3.35. The summed E-state index contributed by atoms with van der Waals surface area (Å²) < 4.78 is 5.16.